The van der Waals surface area contributed by atoms with Crippen LogP contribution in [0.2, 0.25) is 5.02 Å². The fraction of sp³-hybridized carbons (Fsp3) is 0.333. The molecule has 1 amide bonds. The van der Waals surface area contributed by atoms with Crippen LogP contribution < -0.4 is 5.32 Å². The van der Waals surface area contributed by atoms with Gasteiger partial charge in [-0.15, -0.1) is 0 Å². The van der Waals surface area contributed by atoms with Gasteiger partial charge < -0.3 is 10.4 Å². The van der Waals surface area contributed by atoms with E-state index in [2.05, 4.69) is 31.2 Å². The topological polar surface area (TPSA) is 67.2 Å². The SMILES string of the molecule is CC(C)(C)c1cc(CNC(=O)O)n(-c2cccc(Cl)c2)n1. The first-order valence-corrected chi connectivity index (χ1v) is 6.97. The number of rotatable bonds is 3. The Morgan fingerprint density at radius 1 is 1.38 bits per heavy atom. The predicted molar refractivity (Wildman–Crippen MR) is 82.1 cm³/mol. The van der Waals surface area contributed by atoms with Crippen molar-refractivity contribution in [1.29, 1.82) is 0 Å². The standard InChI is InChI=1S/C15H18ClN3O2/c1-15(2,3)13-8-12(9-17-14(20)21)19(18-13)11-6-4-5-10(16)7-11/h4-8,17H,9H2,1-3H3,(H,20,21). The number of aromatic nitrogens is 2. The molecule has 0 radical (unpaired) electrons. The molecule has 1 aromatic heterocycles. The summed E-state index contributed by atoms with van der Waals surface area (Å²) in [5.74, 6) is 0. The Balaban J connectivity index is 2.46. The average Bonchev–Trinajstić information content (AvgIpc) is 2.80. The summed E-state index contributed by atoms with van der Waals surface area (Å²) in [5, 5.41) is 16.4. The second-order valence-electron chi connectivity index (χ2n) is 5.82. The maximum Gasteiger partial charge on any atom is 0.404 e. The van der Waals surface area contributed by atoms with Crippen LogP contribution in [0.3, 0.4) is 0 Å². The highest BCUT2D eigenvalue weighted by atomic mass is 35.5. The van der Waals surface area contributed by atoms with E-state index in [0.29, 0.717) is 5.02 Å². The van der Waals surface area contributed by atoms with E-state index >= 15 is 0 Å². The number of hydrogen-bond acceptors (Lipinski definition) is 2. The van der Waals surface area contributed by atoms with E-state index < -0.39 is 6.09 Å². The Morgan fingerprint density at radius 2 is 2.10 bits per heavy atom. The number of halogens is 1. The van der Waals surface area contributed by atoms with E-state index in [0.717, 1.165) is 17.1 Å². The Hall–Kier alpha value is -2.01. The lowest BCUT2D eigenvalue weighted by Gasteiger charge is -2.14. The molecular weight excluding hydrogens is 290 g/mol. The van der Waals surface area contributed by atoms with Gasteiger partial charge in [-0.3, -0.25) is 0 Å². The summed E-state index contributed by atoms with van der Waals surface area (Å²) >= 11 is 6.02. The van der Waals surface area contributed by atoms with E-state index in [-0.39, 0.29) is 12.0 Å². The number of carbonyl (C=O) groups is 1. The molecule has 2 aromatic rings. The van der Waals surface area contributed by atoms with Crippen molar-refractivity contribution >= 4 is 17.7 Å². The Labute approximate surface area is 128 Å². The summed E-state index contributed by atoms with van der Waals surface area (Å²) in [6.07, 6.45) is -1.06. The zero-order valence-electron chi connectivity index (χ0n) is 12.2. The van der Waals surface area contributed by atoms with Crippen molar-refractivity contribution in [2.75, 3.05) is 0 Å². The minimum atomic E-state index is -1.06. The minimum absolute atomic E-state index is 0.123. The van der Waals surface area contributed by atoms with E-state index in [9.17, 15) is 4.79 Å². The highest BCUT2D eigenvalue weighted by Crippen LogP contribution is 2.24. The van der Waals surface area contributed by atoms with Gasteiger partial charge in [0.25, 0.3) is 0 Å². The molecule has 0 atom stereocenters. The molecule has 2 rings (SSSR count). The summed E-state index contributed by atoms with van der Waals surface area (Å²) in [5.41, 5.74) is 2.34. The van der Waals surface area contributed by atoms with Gasteiger partial charge in [0, 0.05) is 10.4 Å². The maximum absolute atomic E-state index is 10.7. The minimum Gasteiger partial charge on any atom is -0.465 e. The van der Waals surface area contributed by atoms with Gasteiger partial charge in [-0.05, 0) is 24.3 Å². The molecule has 0 aliphatic heterocycles. The van der Waals surface area contributed by atoms with Gasteiger partial charge in [0.1, 0.15) is 0 Å². The van der Waals surface area contributed by atoms with Crippen LogP contribution in [0, 0.1) is 0 Å². The molecular formula is C15H18ClN3O2. The molecule has 112 valence electrons. The second-order valence-corrected chi connectivity index (χ2v) is 6.26. The number of nitrogens with zero attached hydrogens (tertiary/aromatic N) is 2. The molecule has 0 bridgehead atoms. The third kappa shape index (κ3) is 3.76. The van der Waals surface area contributed by atoms with Crippen LogP contribution in [0.25, 0.3) is 5.69 Å². The summed E-state index contributed by atoms with van der Waals surface area (Å²) in [4.78, 5) is 10.7. The molecule has 6 heteroatoms. The van der Waals surface area contributed by atoms with Gasteiger partial charge in [0.15, 0.2) is 0 Å². The summed E-state index contributed by atoms with van der Waals surface area (Å²) in [7, 11) is 0. The molecule has 0 aliphatic rings. The number of hydrogen-bond donors (Lipinski definition) is 2. The molecule has 1 heterocycles. The number of nitrogens with one attached hydrogen (secondary N) is 1. The fourth-order valence-electron chi connectivity index (χ4n) is 1.91. The van der Waals surface area contributed by atoms with Crippen molar-refractivity contribution in [3.63, 3.8) is 0 Å². The Morgan fingerprint density at radius 3 is 2.67 bits per heavy atom. The first-order valence-electron chi connectivity index (χ1n) is 6.59. The summed E-state index contributed by atoms with van der Waals surface area (Å²) in [6, 6.07) is 9.22. The molecule has 0 saturated heterocycles. The monoisotopic (exact) mass is 307 g/mol. The van der Waals surface area contributed by atoms with Gasteiger partial charge in [-0.1, -0.05) is 38.4 Å². The first kappa shape index (κ1) is 15.4. The molecule has 0 saturated carbocycles. The quantitative estimate of drug-likeness (QED) is 0.910. The number of carboxylic acid groups (broad SMARTS) is 1. The summed E-state index contributed by atoms with van der Waals surface area (Å²) in [6.45, 7) is 6.37. The maximum atomic E-state index is 10.7. The molecule has 5 nitrogen and oxygen atoms in total. The molecule has 1 aromatic carbocycles. The fourth-order valence-corrected chi connectivity index (χ4v) is 2.09. The van der Waals surface area contributed by atoms with Crippen molar-refractivity contribution in [2.45, 2.75) is 32.7 Å². The second kappa shape index (κ2) is 5.77. The van der Waals surface area contributed by atoms with Crippen LogP contribution >= 0.6 is 11.6 Å². The highest BCUT2D eigenvalue weighted by molar-refractivity contribution is 6.30. The molecule has 0 aliphatic carbocycles. The van der Waals surface area contributed by atoms with Crippen LogP contribution in [0.5, 0.6) is 0 Å². The van der Waals surface area contributed by atoms with Crippen molar-refractivity contribution in [2.24, 2.45) is 0 Å². The van der Waals surface area contributed by atoms with Crippen molar-refractivity contribution in [3.8, 4) is 5.69 Å². The van der Waals surface area contributed by atoms with Crippen LogP contribution in [-0.4, -0.2) is 21.0 Å². The van der Waals surface area contributed by atoms with E-state index in [4.69, 9.17) is 16.7 Å². The number of benzene rings is 1. The molecule has 0 fully saturated rings. The lowest BCUT2D eigenvalue weighted by atomic mass is 9.92. The molecule has 0 spiro atoms. The molecule has 0 unspecified atom stereocenters. The van der Waals surface area contributed by atoms with Crippen molar-refractivity contribution < 1.29 is 9.90 Å². The zero-order chi connectivity index (χ0) is 15.6. The average molecular weight is 308 g/mol. The lowest BCUT2D eigenvalue weighted by Crippen LogP contribution is -2.21. The normalized spacial score (nSPS) is 11.4. The molecule has 21 heavy (non-hydrogen) atoms. The van der Waals surface area contributed by atoms with Crippen molar-refractivity contribution in [1.82, 2.24) is 15.1 Å². The molecule has 2 N–H and O–H groups in total. The Kier molecular flexibility index (Phi) is 4.23. The third-order valence-corrected chi connectivity index (χ3v) is 3.26. The van der Waals surface area contributed by atoms with Gasteiger partial charge >= 0.3 is 6.09 Å². The van der Waals surface area contributed by atoms with Crippen LogP contribution in [0.1, 0.15) is 32.2 Å². The van der Waals surface area contributed by atoms with E-state index in [1.807, 2.05) is 18.2 Å². The summed E-state index contributed by atoms with van der Waals surface area (Å²) < 4.78 is 1.72. The van der Waals surface area contributed by atoms with Crippen LogP contribution in [0.15, 0.2) is 30.3 Å². The predicted octanol–water partition coefficient (Wildman–Crippen LogP) is 3.59. The lowest BCUT2D eigenvalue weighted by molar-refractivity contribution is 0.193. The van der Waals surface area contributed by atoms with E-state index in [1.54, 1.807) is 16.8 Å². The first-order chi connectivity index (χ1) is 9.77. The highest BCUT2D eigenvalue weighted by Gasteiger charge is 2.20. The van der Waals surface area contributed by atoms with Gasteiger partial charge in [-0.25, -0.2) is 9.48 Å². The third-order valence-electron chi connectivity index (χ3n) is 3.03. The van der Waals surface area contributed by atoms with Crippen molar-refractivity contribution in [3.05, 3.63) is 46.7 Å². The largest absolute Gasteiger partial charge is 0.465 e. The number of amides is 1. The van der Waals surface area contributed by atoms with Gasteiger partial charge in [-0.2, -0.15) is 5.10 Å². The van der Waals surface area contributed by atoms with E-state index in [1.165, 1.54) is 0 Å². The van der Waals surface area contributed by atoms with Crippen LogP contribution in [0.4, 0.5) is 4.79 Å². The van der Waals surface area contributed by atoms with Gasteiger partial charge in [0.2, 0.25) is 0 Å². The zero-order valence-corrected chi connectivity index (χ0v) is 13.0. The van der Waals surface area contributed by atoms with Crippen LogP contribution in [-0.2, 0) is 12.0 Å². The smallest absolute Gasteiger partial charge is 0.404 e. The van der Waals surface area contributed by atoms with Gasteiger partial charge in [0.05, 0.1) is 23.6 Å². The Bertz CT molecular complexity index is 659.